The summed E-state index contributed by atoms with van der Waals surface area (Å²) in [6, 6.07) is 6.99. The fourth-order valence-corrected chi connectivity index (χ4v) is 2.92. The van der Waals surface area contributed by atoms with Gasteiger partial charge in [-0.15, -0.1) is 0 Å². The van der Waals surface area contributed by atoms with Gasteiger partial charge in [0.1, 0.15) is 11.3 Å². The molecule has 0 fully saturated rings. The molecule has 1 heterocycles. The van der Waals surface area contributed by atoms with Gasteiger partial charge in [-0.2, -0.15) is 0 Å². The molecule has 0 aliphatic heterocycles. The van der Waals surface area contributed by atoms with Crippen LogP contribution in [0, 0.1) is 0 Å². The highest BCUT2D eigenvalue weighted by Gasteiger charge is 2.15. The number of likely N-dealkylation sites (N-methyl/N-ethyl adjacent to an activating group) is 1. The Morgan fingerprint density at radius 3 is 2.78 bits per heavy atom. The molecule has 0 radical (unpaired) electrons. The molecule has 1 aromatic heterocycles. The molecule has 120 valence electrons. The van der Waals surface area contributed by atoms with E-state index in [4.69, 9.17) is 4.42 Å². The number of carbonyl (C=O) groups is 1. The van der Waals surface area contributed by atoms with E-state index in [9.17, 15) is 9.59 Å². The van der Waals surface area contributed by atoms with Gasteiger partial charge in [-0.25, -0.2) is 0 Å². The van der Waals surface area contributed by atoms with Crippen LogP contribution in [0.4, 0.5) is 0 Å². The summed E-state index contributed by atoms with van der Waals surface area (Å²) in [6.45, 7) is 0. The molecule has 0 bridgehead atoms. The third kappa shape index (κ3) is 3.21. The van der Waals surface area contributed by atoms with Crippen molar-refractivity contribution in [1.82, 2.24) is 4.90 Å². The highest BCUT2D eigenvalue weighted by molar-refractivity contribution is 5.87. The topological polar surface area (TPSA) is 50.5 Å². The third-order valence-electron chi connectivity index (χ3n) is 4.28. The van der Waals surface area contributed by atoms with Gasteiger partial charge in [0, 0.05) is 25.7 Å². The molecule has 0 N–H and O–H groups in total. The number of nitrogens with zero attached hydrogens (tertiary/aromatic N) is 1. The van der Waals surface area contributed by atoms with E-state index >= 15 is 0 Å². The SMILES string of the molecule is CN(C)C(=O)Cc1cccc2c(=O)cc(C3=CCCCC3)oc12. The summed E-state index contributed by atoms with van der Waals surface area (Å²) >= 11 is 0. The van der Waals surface area contributed by atoms with Gasteiger partial charge in [-0.05, 0) is 37.3 Å². The molecule has 4 heteroatoms. The average Bonchev–Trinajstić information content (AvgIpc) is 2.56. The highest BCUT2D eigenvalue weighted by Crippen LogP contribution is 2.28. The van der Waals surface area contributed by atoms with Crippen LogP contribution in [0.3, 0.4) is 0 Å². The maximum Gasteiger partial charge on any atom is 0.226 e. The lowest BCUT2D eigenvalue weighted by Crippen LogP contribution is -2.23. The van der Waals surface area contributed by atoms with Gasteiger partial charge in [0.25, 0.3) is 0 Å². The van der Waals surface area contributed by atoms with Crippen LogP contribution in [0.5, 0.6) is 0 Å². The molecular weight excluding hydrogens is 290 g/mol. The van der Waals surface area contributed by atoms with E-state index < -0.39 is 0 Å². The Hall–Kier alpha value is -2.36. The molecule has 3 rings (SSSR count). The summed E-state index contributed by atoms with van der Waals surface area (Å²) in [5.41, 5.74) is 2.35. The van der Waals surface area contributed by atoms with E-state index in [0.29, 0.717) is 16.7 Å². The van der Waals surface area contributed by atoms with Crippen molar-refractivity contribution in [2.45, 2.75) is 32.1 Å². The third-order valence-corrected chi connectivity index (χ3v) is 4.28. The summed E-state index contributed by atoms with van der Waals surface area (Å²) in [7, 11) is 3.45. The molecular formula is C19H21NO3. The molecule has 0 unspecified atom stereocenters. The number of allylic oxidation sites excluding steroid dienone is 2. The molecule has 4 nitrogen and oxygen atoms in total. The molecule has 0 spiro atoms. The summed E-state index contributed by atoms with van der Waals surface area (Å²) < 4.78 is 6.05. The molecule has 1 aliphatic carbocycles. The van der Waals surface area contributed by atoms with E-state index in [1.54, 1.807) is 37.2 Å². The van der Waals surface area contributed by atoms with Crippen LogP contribution in [0.2, 0.25) is 0 Å². The monoisotopic (exact) mass is 311 g/mol. The predicted octanol–water partition coefficient (Wildman–Crippen LogP) is 3.38. The molecule has 0 saturated carbocycles. The highest BCUT2D eigenvalue weighted by atomic mass is 16.3. The normalized spacial score (nSPS) is 14.6. The van der Waals surface area contributed by atoms with E-state index in [2.05, 4.69) is 6.08 Å². The van der Waals surface area contributed by atoms with E-state index in [1.807, 2.05) is 6.07 Å². The van der Waals surface area contributed by atoms with Gasteiger partial charge in [0.2, 0.25) is 5.91 Å². The minimum Gasteiger partial charge on any atom is -0.456 e. The van der Waals surface area contributed by atoms with Crippen LogP contribution in [0.1, 0.15) is 37.0 Å². The summed E-state index contributed by atoms with van der Waals surface area (Å²) in [5.74, 6) is 0.634. The number of para-hydroxylation sites is 1. The second kappa shape index (κ2) is 6.41. The van der Waals surface area contributed by atoms with Crippen molar-refractivity contribution >= 4 is 22.4 Å². The van der Waals surface area contributed by atoms with E-state index in [0.717, 1.165) is 30.4 Å². The van der Waals surface area contributed by atoms with Gasteiger partial charge in [-0.1, -0.05) is 18.2 Å². The minimum atomic E-state index is -0.0492. The number of hydrogen-bond donors (Lipinski definition) is 0. The first-order chi connectivity index (χ1) is 11.1. The Balaban J connectivity index is 2.11. The molecule has 1 aliphatic rings. The Kier molecular flexibility index (Phi) is 4.33. The van der Waals surface area contributed by atoms with Gasteiger partial charge in [0.05, 0.1) is 11.8 Å². The number of amides is 1. The van der Waals surface area contributed by atoms with Gasteiger partial charge < -0.3 is 9.32 Å². The van der Waals surface area contributed by atoms with Crippen molar-refractivity contribution in [2.24, 2.45) is 0 Å². The average molecular weight is 311 g/mol. The van der Waals surface area contributed by atoms with E-state index in [1.165, 1.54) is 6.42 Å². The van der Waals surface area contributed by atoms with Crippen molar-refractivity contribution in [2.75, 3.05) is 14.1 Å². The Morgan fingerprint density at radius 1 is 1.26 bits per heavy atom. The number of rotatable bonds is 3. The van der Waals surface area contributed by atoms with Crippen molar-refractivity contribution < 1.29 is 9.21 Å². The quantitative estimate of drug-likeness (QED) is 0.873. The molecule has 0 atom stereocenters. The Labute approximate surface area is 135 Å². The zero-order chi connectivity index (χ0) is 16.4. The van der Waals surface area contributed by atoms with Crippen molar-refractivity contribution in [3.8, 4) is 0 Å². The zero-order valence-electron chi connectivity index (χ0n) is 13.6. The lowest BCUT2D eigenvalue weighted by molar-refractivity contribution is -0.127. The molecule has 2 aromatic rings. The lowest BCUT2D eigenvalue weighted by atomic mass is 9.97. The fourth-order valence-electron chi connectivity index (χ4n) is 2.92. The second-order valence-corrected chi connectivity index (χ2v) is 6.21. The van der Waals surface area contributed by atoms with Crippen LogP contribution >= 0.6 is 0 Å². The maximum absolute atomic E-state index is 12.4. The zero-order valence-corrected chi connectivity index (χ0v) is 13.6. The van der Waals surface area contributed by atoms with Crippen LogP contribution in [0.15, 0.2) is 39.6 Å². The second-order valence-electron chi connectivity index (χ2n) is 6.21. The summed E-state index contributed by atoms with van der Waals surface area (Å²) in [4.78, 5) is 26.0. The van der Waals surface area contributed by atoms with Gasteiger partial charge in [-0.3, -0.25) is 9.59 Å². The van der Waals surface area contributed by atoms with Crippen LogP contribution < -0.4 is 5.43 Å². The van der Waals surface area contributed by atoms with Crippen molar-refractivity contribution in [3.63, 3.8) is 0 Å². The largest absolute Gasteiger partial charge is 0.456 e. The standard InChI is InChI=1S/C19H21NO3/c1-20(2)18(22)11-14-9-6-10-15-16(21)12-17(23-19(14)15)13-7-4-3-5-8-13/h6-7,9-10,12H,3-5,8,11H2,1-2H3. The Bertz CT molecular complexity index is 830. The summed E-state index contributed by atoms with van der Waals surface area (Å²) in [5, 5.41) is 0.536. The smallest absolute Gasteiger partial charge is 0.226 e. The minimum absolute atomic E-state index is 0.0116. The first-order valence-electron chi connectivity index (χ1n) is 8.01. The summed E-state index contributed by atoms with van der Waals surface area (Å²) in [6.07, 6.45) is 6.65. The number of benzene rings is 1. The van der Waals surface area contributed by atoms with E-state index in [-0.39, 0.29) is 17.8 Å². The van der Waals surface area contributed by atoms with Crippen LogP contribution in [-0.2, 0) is 11.2 Å². The predicted molar refractivity (Wildman–Crippen MR) is 91.3 cm³/mol. The maximum atomic E-state index is 12.4. The molecule has 23 heavy (non-hydrogen) atoms. The first kappa shape index (κ1) is 15.5. The fraction of sp³-hybridized carbons (Fsp3) is 0.368. The van der Waals surface area contributed by atoms with Gasteiger partial charge in [0.15, 0.2) is 5.43 Å². The number of carbonyl (C=O) groups excluding carboxylic acids is 1. The molecule has 1 amide bonds. The molecule has 0 saturated heterocycles. The van der Waals surface area contributed by atoms with Crippen LogP contribution in [-0.4, -0.2) is 24.9 Å². The lowest BCUT2D eigenvalue weighted by Gasteiger charge is -2.14. The van der Waals surface area contributed by atoms with Crippen molar-refractivity contribution in [3.05, 3.63) is 51.9 Å². The Morgan fingerprint density at radius 2 is 2.09 bits per heavy atom. The van der Waals surface area contributed by atoms with Gasteiger partial charge >= 0.3 is 0 Å². The molecule has 1 aromatic carbocycles. The number of fused-ring (bicyclic) bond motifs is 1. The first-order valence-corrected chi connectivity index (χ1v) is 8.01. The number of hydrogen-bond acceptors (Lipinski definition) is 3. The van der Waals surface area contributed by atoms with Crippen molar-refractivity contribution in [1.29, 1.82) is 0 Å². The van der Waals surface area contributed by atoms with Crippen LogP contribution in [0.25, 0.3) is 16.5 Å².